The summed E-state index contributed by atoms with van der Waals surface area (Å²) in [6.45, 7) is 0.118. The van der Waals surface area contributed by atoms with Crippen LogP contribution in [0.15, 0.2) is 0 Å². The molecule has 6 heteroatoms. The van der Waals surface area contributed by atoms with Gasteiger partial charge in [-0.3, -0.25) is 0 Å². The maximum atomic E-state index is 9.20. The molecule has 0 aliphatic carbocycles. The molecule has 1 unspecified atom stereocenters. The second-order valence-corrected chi connectivity index (χ2v) is 2.46. The Kier molecular flexibility index (Phi) is 5.73. The molecule has 0 aromatic rings. The maximum absolute atomic E-state index is 9.20. The Labute approximate surface area is 76.8 Å². The summed E-state index contributed by atoms with van der Waals surface area (Å²) in [6.07, 6.45) is -0.730. The first-order chi connectivity index (χ1) is 5.64. The van der Waals surface area contributed by atoms with Crippen LogP contribution in [0.4, 0.5) is 0 Å². The van der Waals surface area contributed by atoms with Gasteiger partial charge >= 0.3 is 0 Å². The van der Waals surface area contributed by atoms with E-state index in [9.17, 15) is 5.11 Å². The number of quaternary nitrogens is 1. The smallest absolute Gasteiger partial charge is 0.205 e. The van der Waals surface area contributed by atoms with Crippen molar-refractivity contribution < 1.29 is 24.6 Å². The Balaban J connectivity index is 4.09. The number of hydroxylamine groups is 3. The predicted molar refractivity (Wildman–Crippen MR) is 42.9 cm³/mol. The van der Waals surface area contributed by atoms with Crippen molar-refractivity contribution in [3.8, 4) is 0 Å². The number of aliphatic hydroxyl groups excluding tert-OH is 1. The second-order valence-electron chi connectivity index (χ2n) is 2.15. The monoisotopic (exact) mass is 200 g/mol. The van der Waals surface area contributed by atoms with Crippen molar-refractivity contribution in [2.75, 3.05) is 33.8 Å². The molecule has 1 N–H and O–H groups in total. The zero-order valence-electron chi connectivity index (χ0n) is 7.49. The molecule has 0 radical (unpaired) electrons. The number of halogens is 1. The van der Waals surface area contributed by atoms with E-state index in [0.717, 1.165) is 0 Å². The molecular formula is C6H15ClNO4+. The highest BCUT2D eigenvalue weighted by Gasteiger charge is 2.33. The summed E-state index contributed by atoms with van der Waals surface area (Å²) < 4.78 is 0. The summed E-state index contributed by atoms with van der Waals surface area (Å²) in [7, 11) is 4.23. The van der Waals surface area contributed by atoms with Gasteiger partial charge in [0.05, 0.1) is 10.9 Å². The standard InChI is InChI=1S/C6H15ClNO4/c1-10-8(11-2,12-3)5-6(9)4-7/h6,9H,4-5H2,1-3H3/q+1. The number of aliphatic hydroxyl groups is 1. The fourth-order valence-corrected chi connectivity index (χ4v) is 0.852. The van der Waals surface area contributed by atoms with E-state index in [1.54, 1.807) is 0 Å². The third kappa shape index (κ3) is 3.22. The van der Waals surface area contributed by atoms with Crippen molar-refractivity contribution in [3.05, 3.63) is 0 Å². The summed E-state index contributed by atoms with van der Waals surface area (Å²) in [5.74, 6) is 0.107. The van der Waals surface area contributed by atoms with Gasteiger partial charge in [-0.15, -0.1) is 26.1 Å². The van der Waals surface area contributed by atoms with Crippen molar-refractivity contribution in [3.63, 3.8) is 0 Å². The fraction of sp³-hybridized carbons (Fsp3) is 1.00. The zero-order chi connectivity index (χ0) is 9.61. The summed E-state index contributed by atoms with van der Waals surface area (Å²) in [6, 6.07) is 0. The predicted octanol–water partition coefficient (Wildman–Crippen LogP) is 0.0871. The van der Waals surface area contributed by atoms with Gasteiger partial charge in [-0.25, -0.2) is 0 Å². The Morgan fingerprint density at radius 1 is 1.25 bits per heavy atom. The summed E-state index contributed by atoms with van der Waals surface area (Å²) in [4.78, 5) is 14.1. The molecule has 0 aromatic heterocycles. The van der Waals surface area contributed by atoms with Gasteiger partial charge in [0, 0.05) is 0 Å². The molecule has 0 aliphatic rings. The largest absolute Gasteiger partial charge is 0.386 e. The van der Waals surface area contributed by atoms with Crippen LogP contribution in [0, 0.1) is 0 Å². The average Bonchev–Trinajstić information content (AvgIpc) is 2.14. The van der Waals surface area contributed by atoms with Crippen molar-refractivity contribution >= 4 is 11.6 Å². The number of hydrogen-bond donors (Lipinski definition) is 1. The first-order valence-corrected chi connectivity index (χ1v) is 3.97. The van der Waals surface area contributed by atoms with Crippen LogP contribution in [0.2, 0.25) is 0 Å². The molecule has 0 rings (SSSR count). The topological polar surface area (TPSA) is 47.9 Å². The van der Waals surface area contributed by atoms with E-state index >= 15 is 0 Å². The zero-order valence-corrected chi connectivity index (χ0v) is 8.24. The van der Waals surface area contributed by atoms with E-state index in [-0.39, 0.29) is 12.4 Å². The van der Waals surface area contributed by atoms with Gasteiger partial charge in [-0.1, -0.05) is 0 Å². The molecule has 0 aromatic carbocycles. The minimum atomic E-state index is -0.730. The van der Waals surface area contributed by atoms with E-state index < -0.39 is 11.1 Å². The summed E-state index contributed by atoms with van der Waals surface area (Å²) in [5.41, 5.74) is 0. The minimum Gasteiger partial charge on any atom is -0.386 e. The third-order valence-electron chi connectivity index (χ3n) is 1.45. The van der Waals surface area contributed by atoms with Crippen LogP contribution in [0.25, 0.3) is 0 Å². The normalized spacial score (nSPS) is 14.8. The Hall–Kier alpha value is 0.0900. The fourth-order valence-electron chi connectivity index (χ4n) is 0.754. The molecule has 5 nitrogen and oxygen atoms in total. The molecule has 0 bridgehead atoms. The van der Waals surface area contributed by atoms with Gasteiger partial charge in [-0.2, -0.15) is 0 Å². The summed E-state index contributed by atoms with van der Waals surface area (Å²) in [5, 5.41) is 9.20. The highest BCUT2D eigenvalue weighted by Crippen LogP contribution is 2.09. The van der Waals surface area contributed by atoms with Crippen molar-refractivity contribution in [2.24, 2.45) is 0 Å². The van der Waals surface area contributed by atoms with Crippen LogP contribution >= 0.6 is 11.6 Å². The van der Waals surface area contributed by atoms with Gasteiger partial charge in [0.1, 0.15) is 27.4 Å². The quantitative estimate of drug-likeness (QED) is 0.375. The molecule has 0 heterocycles. The first kappa shape index (κ1) is 12.1. The Bertz CT molecular complexity index is 112. The van der Waals surface area contributed by atoms with E-state index in [4.69, 9.17) is 26.1 Å². The lowest BCUT2D eigenvalue weighted by atomic mass is 10.4. The lowest BCUT2D eigenvalue weighted by molar-refractivity contribution is -1.36. The molecular weight excluding hydrogens is 186 g/mol. The Morgan fingerprint density at radius 2 is 1.67 bits per heavy atom. The molecule has 0 fully saturated rings. The molecule has 74 valence electrons. The van der Waals surface area contributed by atoms with Gasteiger partial charge in [0.25, 0.3) is 0 Å². The highest BCUT2D eigenvalue weighted by atomic mass is 35.5. The van der Waals surface area contributed by atoms with Crippen LogP contribution in [-0.2, 0) is 14.5 Å². The van der Waals surface area contributed by atoms with Crippen LogP contribution in [0.3, 0.4) is 0 Å². The van der Waals surface area contributed by atoms with Crippen molar-refractivity contribution in [2.45, 2.75) is 6.10 Å². The van der Waals surface area contributed by atoms with E-state index in [0.29, 0.717) is 0 Å². The third-order valence-corrected chi connectivity index (χ3v) is 1.80. The molecule has 0 saturated heterocycles. The van der Waals surface area contributed by atoms with Gasteiger partial charge < -0.3 is 5.11 Å². The van der Waals surface area contributed by atoms with E-state index in [1.165, 1.54) is 21.3 Å². The van der Waals surface area contributed by atoms with Gasteiger partial charge in [0.15, 0.2) is 0 Å². The molecule has 0 spiro atoms. The van der Waals surface area contributed by atoms with E-state index in [1.807, 2.05) is 0 Å². The molecule has 0 amide bonds. The van der Waals surface area contributed by atoms with Crippen LogP contribution in [0.1, 0.15) is 0 Å². The van der Waals surface area contributed by atoms with Crippen molar-refractivity contribution in [1.29, 1.82) is 0 Å². The van der Waals surface area contributed by atoms with Gasteiger partial charge in [0.2, 0.25) is 6.54 Å². The minimum absolute atomic E-state index is 0.107. The molecule has 12 heavy (non-hydrogen) atoms. The van der Waals surface area contributed by atoms with Crippen LogP contribution in [-0.4, -0.2) is 49.9 Å². The lowest BCUT2D eigenvalue weighted by Crippen LogP contribution is -2.49. The molecule has 0 saturated carbocycles. The molecule has 1 atom stereocenters. The Morgan fingerprint density at radius 3 is 1.92 bits per heavy atom. The number of nitrogens with zero attached hydrogens (tertiary/aromatic N) is 1. The van der Waals surface area contributed by atoms with E-state index in [2.05, 4.69) is 0 Å². The van der Waals surface area contributed by atoms with Crippen molar-refractivity contribution in [1.82, 2.24) is 0 Å². The maximum Gasteiger partial charge on any atom is 0.205 e. The van der Waals surface area contributed by atoms with Crippen LogP contribution < -0.4 is 0 Å². The molecule has 0 aliphatic heterocycles. The summed E-state index contributed by atoms with van der Waals surface area (Å²) >= 11 is 5.40. The van der Waals surface area contributed by atoms with Gasteiger partial charge in [-0.05, 0) is 0 Å². The second kappa shape index (κ2) is 5.69. The van der Waals surface area contributed by atoms with Crippen LogP contribution in [0.5, 0.6) is 0 Å². The first-order valence-electron chi connectivity index (χ1n) is 3.43. The SMILES string of the molecule is CO[N+](CC(O)CCl)(OC)OC. The number of hydrogen-bond acceptors (Lipinski definition) is 4. The number of rotatable bonds is 6. The average molecular weight is 201 g/mol. The number of alkyl halides is 1. The highest BCUT2D eigenvalue weighted by molar-refractivity contribution is 6.18. The lowest BCUT2D eigenvalue weighted by Gasteiger charge is -2.26.